The largest absolute Gasteiger partial charge is 0.496 e. The molecule has 9 nitrogen and oxygen atoms in total. The lowest BCUT2D eigenvalue weighted by atomic mass is 10.0. The van der Waals surface area contributed by atoms with Gasteiger partial charge in [-0.1, -0.05) is 54.6 Å². The second kappa shape index (κ2) is 11.5. The number of hydrazone groups is 1. The maximum atomic E-state index is 12.9. The van der Waals surface area contributed by atoms with Gasteiger partial charge in [0.1, 0.15) is 18.4 Å². The number of hydrogen-bond acceptors (Lipinski definition) is 6. The quantitative estimate of drug-likeness (QED) is 0.255. The Morgan fingerprint density at radius 3 is 2.57 bits per heavy atom. The van der Waals surface area contributed by atoms with Crippen LogP contribution in [0.5, 0.6) is 5.75 Å². The van der Waals surface area contributed by atoms with Crippen molar-refractivity contribution in [1.82, 2.24) is 20.7 Å². The number of rotatable bonds is 9. The summed E-state index contributed by atoms with van der Waals surface area (Å²) < 4.78 is 10.7. The highest BCUT2D eigenvalue weighted by Crippen LogP contribution is 2.27. The van der Waals surface area contributed by atoms with E-state index in [4.69, 9.17) is 9.47 Å². The topological polar surface area (TPSA) is 118 Å². The van der Waals surface area contributed by atoms with Crippen LogP contribution >= 0.6 is 0 Å². The van der Waals surface area contributed by atoms with E-state index in [1.807, 2.05) is 66.7 Å². The number of alkyl carbamates (subject to hydrolysis) is 1. The number of ether oxygens (including phenoxy) is 2. The average molecular weight is 472 g/mol. The van der Waals surface area contributed by atoms with Crippen LogP contribution in [0.15, 0.2) is 84.4 Å². The van der Waals surface area contributed by atoms with Gasteiger partial charge in [-0.2, -0.15) is 5.10 Å². The SMILES string of the molecule is COc1ccc(/C=N\NC(=O)[C@@H](Cc2cnc[nH]2)NC(=O)OCc2ccccc2)c2ccccc12. The fourth-order valence-corrected chi connectivity index (χ4v) is 3.56. The molecular formula is C26H25N5O4. The summed E-state index contributed by atoms with van der Waals surface area (Å²) in [6, 6.07) is 19.8. The lowest BCUT2D eigenvalue weighted by molar-refractivity contribution is -0.123. The highest BCUT2D eigenvalue weighted by Gasteiger charge is 2.22. The molecule has 0 unspecified atom stereocenters. The molecule has 2 amide bonds. The molecule has 9 heteroatoms. The van der Waals surface area contributed by atoms with Crippen LogP contribution in [0.3, 0.4) is 0 Å². The minimum absolute atomic E-state index is 0.0910. The molecule has 3 N–H and O–H groups in total. The minimum atomic E-state index is -0.927. The first-order valence-corrected chi connectivity index (χ1v) is 11.0. The first-order chi connectivity index (χ1) is 17.1. The number of H-pyrrole nitrogens is 1. The fourth-order valence-electron chi connectivity index (χ4n) is 3.56. The molecule has 35 heavy (non-hydrogen) atoms. The van der Waals surface area contributed by atoms with Crippen molar-refractivity contribution in [3.63, 3.8) is 0 Å². The summed E-state index contributed by atoms with van der Waals surface area (Å²) in [5.74, 6) is 0.255. The van der Waals surface area contributed by atoms with Gasteiger partial charge in [0.05, 0.1) is 19.7 Å². The molecule has 1 aromatic heterocycles. The molecule has 0 aliphatic rings. The predicted molar refractivity (Wildman–Crippen MR) is 132 cm³/mol. The lowest BCUT2D eigenvalue weighted by Crippen LogP contribution is -2.47. The van der Waals surface area contributed by atoms with Crippen LogP contribution in [0.4, 0.5) is 4.79 Å². The summed E-state index contributed by atoms with van der Waals surface area (Å²) in [5, 5.41) is 8.59. The van der Waals surface area contributed by atoms with E-state index in [0.29, 0.717) is 5.69 Å². The summed E-state index contributed by atoms with van der Waals surface area (Å²) >= 11 is 0. The zero-order valence-electron chi connectivity index (χ0n) is 19.1. The number of nitrogens with one attached hydrogen (secondary N) is 3. The number of amides is 2. The number of aromatic amines is 1. The molecule has 4 rings (SSSR count). The fraction of sp³-hybridized carbons (Fsp3) is 0.154. The van der Waals surface area contributed by atoms with Gasteiger partial charge in [0.25, 0.3) is 5.91 Å². The van der Waals surface area contributed by atoms with Gasteiger partial charge in [-0.25, -0.2) is 15.2 Å². The van der Waals surface area contributed by atoms with E-state index in [9.17, 15) is 9.59 Å². The number of carbonyl (C=O) groups is 2. The van der Waals surface area contributed by atoms with Crippen molar-refractivity contribution < 1.29 is 19.1 Å². The summed E-state index contributed by atoms with van der Waals surface area (Å²) in [6.45, 7) is 0.0910. The van der Waals surface area contributed by atoms with Gasteiger partial charge in [0.2, 0.25) is 0 Å². The molecule has 1 heterocycles. The number of benzene rings is 3. The second-order valence-corrected chi connectivity index (χ2v) is 7.68. The number of carbonyl (C=O) groups excluding carboxylic acids is 2. The highest BCUT2D eigenvalue weighted by molar-refractivity contribution is 6.02. The molecule has 4 aromatic rings. The van der Waals surface area contributed by atoms with Crippen LogP contribution in [0.1, 0.15) is 16.8 Å². The maximum absolute atomic E-state index is 12.9. The lowest BCUT2D eigenvalue weighted by Gasteiger charge is -2.16. The molecule has 178 valence electrons. The number of fused-ring (bicyclic) bond motifs is 1. The number of nitrogens with zero attached hydrogens (tertiary/aromatic N) is 2. The number of aromatic nitrogens is 2. The second-order valence-electron chi connectivity index (χ2n) is 7.68. The molecular weight excluding hydrogens is 446 g/mol. The van der Waals surface area contributed by atoms with Crippen molar-refractivity contribution in [1.29, 1.82) is 0 Å². The van der Waals surface area contributed by atoms with E-state index in [1.165, 1.54) is 6.33 Å². The van der Waals surface area contributed by atoms with Crippen LogP contribution in [0, 0.1) is 0 Å². The Balaban J connectivity index is 1.43. The Bertz CT molecular complexity index is 1310. The summed E-state index contributed by atoms with van der Waals surface area (Å²) in [4.78, 5) is 32.2. The standard InChI is InChI=1S/C26H25N5O4/c1-34-24-12-11-19(21-9-5-6-10-22(21)24)14-29-31-25(32)23(13-20-15-27-17-28-20)30-26(33)35-16-18-7-3-2-4-8-18/h2-12,14-15,17,23H,13,16H2,1H3,(H,27,28)(H,30,33)(H,31,32)/b29-14-/t23-/m1/s1. The zero-order valence-corrected chi connectivity index (χ0v) is 19.1. The molecule has 0 saturated carbocycles. The molecule has 0 radical (unpaired) electrons. The van der Waals surface area contributed by atoms with Crippen LogP contribution in [0.25, 0.3) is 10.8 Å². The molecule has 0 fully saturated rings. The third-order valence-electron chi connectivity index (χ3n) is 5.32. The van der Waals surface area contributed by atoms with Crippen molar-refractivity contribution in [2.45, 2.75) is 19.1 Å². The van der Waals surface area contributed by atoms with E-state index < -0.39 is 18.0 Å². The van der Waals surface area contributed by atoms with E-state index in [0.717, 1.165) is 27.6 Å². The third kappa shape index (κ3) is 6.23. The summed E-state index contributed by atoms with van der Waals surface area (Å²) in [7, 11) is 1.62. The molecule has 0 bridgehead atoms. The number of hydrogen-bond donors (Lipinski definition) is 3. The predicted octanol–water partition coefficient (Wildman–Crippen LogP) is 3.56. The zero-order chi connectivity index (χ0) is 24.5. The number of methoxy groups -OCH3 is 1. The van der Waals surface area contributed by atoms with Gasteiger partial charge in [0, 0.05) is 29.3 Å². The Labute approximate surface area is 202 Å². The average Bonchev–Trinajstić information content (AvgIpc) is 3.41. The van der Waals surface area contributed by atoms with Crippen LogP contribution in [0.2, 0.25) is 0 Å². The van der Waals surface area contributed by atoms with Gasteiger partial charge < -0.3 is 19.8 Å². The summed E-state index contributed by atoms with van der Waals surface area (Å²) in [6.07, 6.45) is 4.13. The monoisotopic (exact) mass is 471 g/mol. The van der Waals surface area contributed by atoms with E-state index in [2.05, 4.69) is 25.8 Å². The van der Waals surface area contributed by atoms with Crippen molar-refractivity contribution >= 4 is 29.0 Å². The first kappa shape index (κ1) is 23.5. The smallest absolute Gasteiger partial charge is 0.408 e. The Hall–Kier alpha value is -4.66. The van der Waals surface area contributed by atoms with Crippen LogP contribution in [-0.2, 0) is 22.6 Å². The minimum Gasteiger partial charge on any atom is -0.496 e. The number of imidazole rings is 1. The van der Waals surface area contributed by atoms with Gasteiger partial charge in [-0.15, -0.1) is 0 Å². The van der Waals surface area contributed by atoms with Crippen molar-refractivity contribution in [3.8, 4) is 5.75 Å². The van der Waals surface area contributed by atoms with E-state index in [-0.39, 0.29) is 13.0 Å². The van der Waals surface area contributed by atoms with Gasteiger partial charge >= 0.3 is 6.09 Å². The van der Waals surface area contributed by atoms with Gasteiger partial charge in [0.15, 0.2) is 0 Å². The maximum Gasteiger partial charge on any atom is 0.408 e. The Morgan fingerprint density at radius 1 is 1.06 bits per heavy atom. The summed E-state index contributed by atoms with van der Waals surface area (Å²) in [5.41, 5.74) is 4.84. The van der Waals surface area contributed by atoms with Crippen molar-refractivity contribution in [3.05, 3.63) is 96.1 Å². The van der Waals surface area contributed by atoms with Crippen molar-refractivity contribution in [2.24, 2.45) is 5.10 Å². The first-order valence-electron chi connectivity index (χ1n) is 11.0. The molecule has 0 aliphatic carbocycles. The molecule has 1 atom stereocenters. The Kier molecular flexibility index (Phi) is 7.70. The van der Waals surface area contributed by atoms with E-state index >= 15 is 0 Å². The van der Waals surface area contributed by atoms with Gasteiger partial charge in [-0.3, -0.25) is 4.79 Å². The molecule has 3 aromatic carbocycles. The molecule has 0 aliphatic heterocycles. The van der Waals surface area contributed by atoms with E-state index in [1.54, 1.807) is 19.5 Å². The third-order valence-corrected chi connectivity index (χ3v) is 5.32. The Morgan fingerprint density at radius 2 is 1.83 bits per heavy atom. The normalized spacial score (nSPS) is 11.8. The van der Waals surface area contributed by atoms with Gasteiger partial charge in [-0.05, 0) is 23.1 Å². The molecule has 0 spiro atoms. The van der Waals surface area contributed by atoms with Crippen molar-refractivity contribution in [2.75, 3.05) is 7.11 Å². The van der Waals surface area contributed by atoms with Crippen LogP contribution < -0.4 is 15.5 Å². The molecule has 0 saturated heterocycles. The highest BCUT2D eigenvalue weighted by atomic mass is 16.5. The van der Waals surface area contributed by atoms with Crippen LogP contribution in [-0.4, -0.2) is 41.3 Å².